The summed E-state index contributed by atoms with van der Waals surface area (Å²) < 4.78 is 23.2. The summed E-state index contributed by atoms with van der Waals surface area (Å²) in [6.45, 7) is -0.0839. The minimum atomic E-state index is -1.21. The molecule has 0 aliphatic carbocycles. The second kappa shape index (κ2) is 8.65. The molecule has 33 heavy (non-hydrogen) atoms. The molecule has 5 rings (SSSR count). The van der Waals surface area contributed by atoms with E-state index in [0.29, 0.717) is 29.9 Å². The van der Waals surface area contributed by atoms with Gasteiger partial charge in [-0.25, -0.2) is 9.37 Å². The van der Waals surface area contributed by atoms with Crippen LogP contribution in [0.2, 0.25) is 0 Å². The van der Waals surface area contributed by atoms with Crippen LogP contribution < -0.4 is 11.1 Å². The number of nitrogens with zero attached hydrogens (tertiary/aromatic N) is 5. The fourth-order valence-electron chi connectivity index (χ4n) is 4.17. The van der Waals surface area contributed by atoms with E-state index in [9.17, 15) is 9.18 Å². The molecule has 1 aliphatic heterocycles. The molecule has 3 atom stereocenters. The van der Waals surface area contributed by atoms with Crippen molar-refractivity contribution in [2.75, 3.05) is 11.9 Å². The average Bonchev–Trinajstić information content (AvgIpc) is 3.51. The van der Waals surface area contributed by atoms with Crippen LogP contribution in [0.3, 0.4) is 0 Å². The summed E-state index contributed by atoms with van der Waals surface area (Å²) in [7, 11) is 3.64. The third-order valence-electron chi connectivity index (χ3n) is 5.95. The van der Waals surface area contributed by atoms with E-state index in [2.05, 4.69) is 20.5 Å². The minimum Gasteiger partial charge on any atom is -0.369 e. The lowest BCUT2D eigenvalue weighted by Crippen LogP contribution is -2.32. The number of amides is 1. The number of carbonyl (C=O) groups is 1. The molecular weight excluding hydrogens is 445 g/mol. The van der Waals surface area contributed by atoms with E-state index in [1.165, 1.54) is 11.3 Å². The standard InChI is InChI=1S/C22H24FN7O2S/c1-29-19-12(8-25-29)4-3-5-13(19)22-28-17(11-33-22)21(31)27-16-9-26-30(2)20(16)18-7-6-15(24)14(23)10-32-18/h3-5,8-9,11,14-15,18H,6-7,10,24H2,1-2H3,(H,27,31)/t14-,15-,18+/m1/s1. The molecule has 11 heteroatoms. The lowest BCUT2D eigenvalue weighted by molar-refractivity contribution is 0.0247. The number of benzene rings is 1. The molecule has 9 nitrogen and oxygen atoms in total. The van der Waals surface area contributed by atoms with Crippen molar-refractivity contribution in [1.82, 2.24) is 24.5 Å². The molecule has 1 aromatic carbocycles. The van der Waals surface area contributed by atoms with Crippen molar-refractivity contribution in [3.05, 3.63) is 47.4 Å². The van der Waals surface area contributed by atoms with Crippen molar-refractivity contribution in [3.8, 4) is 10.6 Å². The topological polar surface area (TPSA) is 113 Å². The summed E-state index contributed by atoms with van der Waals surface area (Å²) in [6, 6.07) is 5.35. The van der Waals surface area contributed by atoms with Crippen molar-refractivity contribution in [2.24, 2.45) is 19.8 Å². The fraction of sp³-hybridized carbons (Fsp3) is 0.364. The summed E-state index contributed by atoms with van der Waals surface area (Å²) in [5.41, 5.74) is 9.23. The predicted molar refractivity (Wildman–Crippen MR) is 124 cm³/mol. The molecule has 1 amide bonds. The number of thiazole rings is 1. The van der Waals surface area contributed by atoms with Crippen LogP contribution >= 0.6 is 11.3 Å². The molecule has 172 valence electrons. The molecule has 3 aromatic heterocycles. The number of aromatic nitrogens is 5. The van der Waals surface area contributed by atoms with Gasteiger partial charge in [-0.3, -0.25) is 14.2 Å². The van der Waals surface area contributed by atoms with Gasteiger partial charge in [0, 0.05) is 36.5 Å². The maximum absolute atomic E-state index is 14.0. The second-order valence-electron chi connectivity index (χ2n) is 8.15. The predicted octanol–water partition coefficient (Wildman–Crippen LogP) is 3.20. The molecule has 0 unspecified atom stereocenters. The summed E-state index contributed by atoms with van der Waals surface area (Å²) >= 11 is 1.40. The van der Waals surface area contributed by atoms with Gasteiger partial charge in [-0.1, -0.05) is 12.1 Å². The number of halogens is 1. The highest BCUT2D eigenvalue weighted by molar-refractivity contribution is 7.13. The van der Waals surface area contributed by atoms with Gasteiger partial charge in [0.05, 0.1) is 35.9 Å². The van der Waals surface area contributed by atoms with E-state index < -0.39 is 18.3 Å². The smallest absolute Gasteiger partial charge is 0.275 e. The van der Waals surface area contributed by atoms with E-state index in [1.807, 2.05) is 25.2 Å². The van der Waals surface area contributed by atoms with Crippen LogP contribution in [0.4, 0.5) is 10.1 Å². The van der Waals surface area contributed by atoms with Crippen LogP contribution in [-0.2, 0) is 18.8 Å². The number of ether oxygens (including phenoxy) is 1. The second-order valence-corrected chi connectivity index (χ2v) is 9.01. The highest BCUT2D eigenvalue weighted by atomic mass is 32.1. The number of rotatable bonds is 4. The molecule has 4 heterocycles. The van der Waals surface area contributed by atoms with Gasteiger partial charge in [0.15, 0.2) is 0 Å². The number of anilines is 1. The van der Waals surface area contributed by atoms with E-state index in [4.69, 9.17) is 10.5 Å². The van der Waals surface area contributed by atoms with E-state index in [-0.39, 0.29) is 12.5 Å². The largest absolute Gasteiger partial charge is 0.369 e. The first-order chi connectivity index (χ1) is 15.9. The summed E-state index contributed by atoms with van der Waals surface area (Å²) in [4.78, 5) is 17.6. The number of fused-ring (bicyclic) bond motifs is 1. The molecule has 0 spiro atoms. The van der Waals surface area contributed by atoms with Crippen molar-refractivity contribution in [3.63, 3.8) is 0 Å². The molecule has 1 saturated heterocycles. The Morgan fingerprint density at radius 2 is 2.06 bits per heavy atom. The highest BCUT2D eigenvalue weighted by Crippen LogP contribution is 2.33. The molecule has 1 aliphatic rings. The number of hydrogen-bond acceptors (Lipinski definition) is 7. The molecule has 4 aromatic rings. The first kappa shape index (κ1) is 21.7. The zero-order valence-electron chi connectivity index (χ0n) is 18.2. The zero-order chi connectivity index (χ0) is 23.1. The Hall–Kier alpha value is -3.15. The number of para-hydroxylation sites is 1. The van der Waals surface area contributed by atoms with Crippen molar-refractivity contribution in [1.29, 1.82) is 0 Å². The number of carbonyl (C=O) groups excluding carboxylic acids is 1. The number of aryl methyl sites for hydroxylation is 2. The number of nitrogens with two attached hydrogens (primary N) is 1. The fourth-order valence-corrected chi connectivity index (χ4v) is 5.00. The first-order valence-corrected chi connectivity index (χ1v) is 11.5. The summed E-state index contributed by atoms with van der Waals surface area (Å²) in [5, 5.41) is 14.9. The molecule has 0 bridgehead atoms. The molecular formula is C22H24FN7O2S. The van der Waals surface area contributed by atoms with Crippen molar-refractivity contribution in [2.45, 2.75) is 31.2 Å². The Morgan fingerprint density at radius 3 is 2.91 bits per heavy atom. The SMILES string of the molecule is Cn1ncc(NC(=O)c2csc(-c3cccc4cnn(C)c34)n2)c1[C@@H]1CC[C@@H](N)[C@H](F)CO1. The highest BCUT2D eigenvalue weighted by Gasteiger charge is 2.30. The summed E-state index contributed by atoms with van der Waals surface area (Å²) in [6.07, 6.45) is 2.78. The van der Waals surface area contributed by atoms with Gasteiger partial charge in [-0.15, -0.1) is 11.3 Å². The van der Waals surface area contributed by atoms with Crippen LogP contribution in [0.5, 0.6) is 0 Å². The first-order valence-electron chi connectivity index (χ1n) is 10.6. The van der Waals surface area contributed by atoms with Crippen molar-refractivity contribution >= 4 is 33.8 Å². The summed E-state index contributed by atoms with van der Waals surface area (Å²) in [5.74, 6) is -0.349. The van der Waals surface area contributed by atoms with Crippen LogP contribution in [0.1, 0.15) is 35.1 Å². The van der Waals surface area contributed by atoms with Gasteiger partial charge in [0.2, 0.25) is 0 Å². The Kier molecular flexibility index (Phi) is 5.69. The molecule has 0 radical (unpaired) electrons. The Morgan fingerprint density at radius 1 is 1.24 bits per heavy atom. The van der Waals surface area contributed by atoms with Gasteiger partial charge >= 0.3 is 0 Å². The zero-order valence-corrected chi connectivity index (χ0v) is 19.1. The minimum absolute atomic E-state index is 0.0839. The van der Waals surface area contributed by atoms with Gasteiger partial charge in [-0.05, 0) is 18.9 Å². The van der Waals surface area contributed by atoms with Gasteiger partial charge in [0.25, 0.3) is 5.91 Å². The Balaban J connectivity index is 1.38. The van der Waals surface area contributed by atoms with Crippen LogP contribution in [-0.4, -0.2) is 49.3 Å². The van der Waals surface area contributed by atoms with E-state index in [1.54, 1.807) is 34.2 Å². The third-order valence-corrected chi connectivity index (χ3v) is 6.82. The van der Waals surface area contributed by atoms with E-state index >= 15 is 0 Å². The lowest BCUT2D eigenvalue weighted by Gasteiger charge is -2.17. The maximum Gasteiger partial charge on any atom is 0.275 e. The number of nitrogens with one attached hydrogen (secondary N) is 1. The Bertz CT molecular complexity index is 1300. The number of alkyl halides is 1. The molecule has 1 fully saturated rings. The van der Waals surface area contributed by atoms with Gasteiger partial charge in [-0.2, -0.15) is 10.2 Å². The van der Waals surface area contributed by atoms with Crippen LogP contribution in [0.25, 0.3) is 21.5 Å². The third kappa shape index (κ3) is 4.03. The van der Waals surface area contributed by atoms with Gasteiger partial charge < -0.3 is 15.8 Å². The average molecular weight is 470 g/mol. The van der Waals surface area contributed by atoms with Crippen molar-refractivity contribution < 1.29 is 13.9 Å². The normalized spacial score (nSPS) is 21.3. The molecule has 3 N–H and O–H groups in total. The van der Waals surface area contributed by atoms with Gasteiger partial charge in [0.1, 0.15) is 23.0 Å². The quantitative estimate of drug-likeness (QED) is 0.475. The molecule has 0 saturated carbocycles. The van der Waals surface area contributed by atoms with E-state index in [0.717, 1.165) is 21.5 Å². The van der Waals surface area contributed by atoms with Crippen LogP contribution in [0.15, 0.2) is 36.0 Å². The maximum atomic E-state index is 14.0. The number of hydrogen-bond donors (Lipinski definition) is 2. The lowest BCUT2D eigenvalue weighted by atomic mass is 10.0. The Labute approximate surface area is 193 Å². The monoisotopic (exact) mass is 469 g/mol. The van der Waals surface area contributed by atoms with Crippen LogP contribution in [0, 0.1) is 0 Å².